The Morgan fingerprint density at radius 2 is 1.50 bits per heavy atom. The maximum Gasteiger partial charge on any atom is 0.326 e. The second kappa shape index (κ2) is 6.58. The molecule has 1 atom stereocenters. The normalized spacial score (nSPS) is 12.2. The number of hydrogen-bond acceptors (Lipinski definition) is 3. The van der Waals surface area contributed by atoms with E-state index in [1.54, 1.807) is 0 Å². The van der Waals surface area contributed by atoms with E-state index in [0.717, 1.165) is 21.5 Å². The molecule has 0 aliphatic heterocycles. The van der Waals surface area contributed by atoms with Crippen molar-refractivity contribution in [2.45, 2.75) is 18.9 Å². The van der Waals surface area contributed by atoms with Crippen LogP contribution >= 0.6 is 0 Å². The molecule has 0 unspecified atom stereocenters. The number of benzene rings is 3. The highest BCUT2D eigenvalue weighted by molar-refractivity contribution is 5.99. The van der Waals surface area contributed by atoms with Crippen molar-refractivity contribution in [3.8, 4) is 0 Å². The molecule has 3 aromatic rings. The zero-order valence-corrected chi connectivity index (χ0v) is 12.9. The van der Waals surface area contributed by atoms with Crippen molar-refractivity contribution >= 4 is 39.2 Å². The van der Waals surface area contributed by atoms with Crippen molar-refractivity contribution in [1.29, 1.82) is 0 Å². The molecular weight excluding hydrogens is 306 g/mol. The topological polar surface area (TPSA) is 86.6 Å². The molecule has 0 aliphatic rings. The van der Waals surface area contributed by atoms with Gasteiger partial charge in [0, 0.05) is 12.1 Å². The zero-order chi connectivity index (χ0) is 17.1. The fourth-order valence-corrected chi connectivity index (χ4v) is 2.76. The quantitative estimate of drug-likeness (QED) is 0.602. The van der Waals surface area contributed by atoms with Crippen LogP contribution in [0, 0.1) is 0 Å². The molecule has 0 amide bonds. The molecule has 0 fully saturated rings. The Kier molecular flexibility index (Phi) is 4.33. The molecule has 3 aromatic carbocycles. The van der Waals surface area contributed by atoms with Gasteiger partial charge in [-0.3, -0.25) is 4.79 Å². The van der Waals surface area contributed by atoms with Crippen molar-refractivity contribution in [3.63, 3.8) is 0 Å². The Labute approximate surface area is 138 Å². The first-order chi connectivity index (χ1) is 11.5. The molecule has 0 aromatic heterocycles. The standard InChI is InChI=1S/C19H17NO4/c21-18(22)8-7-17(19(23)24)20-16-6-5-14-9-12-3-1-2-4-13(12)10-15(14)11-16/h1-6,9-11,17,20H,7-8H2,(H,21,22)(H,23,24)/t17-/m0/s1. The highest BCUT2D eigenvalue weighted by Gasteiger charge is 2.18. The molecule has 3 rings (SSSR count). The Bertz CT molecular complexity index is 920. The van der Waals surface area contributed by atoms with E-state index in [1.807, 2.05) is 42.5 Å². The summed E-state index contributed by atoms with van der Waals surface area (Å²) in [5.74, 6) is -2.07. The van der Waals surface area contributed by atoms with Gasteiger partial charge in [-0.2, -0.15) is 0 Å². The smallest absolute Gasteiger partial charge is 0.326 e. The Balaban J connectivity index is 1.90. The van der Waals surface area contributed by atoms with Crippen LogP contribution in [0.15, 0.2) is 54.6 Å². The van der Waals surface area contributed by atoms with Gasteiger partial charge in [0.25, 0.3) is 0 Å². The lowest BCUT2D eigenvalue weighted by Gasteiger charge is -2.15. The SMILES string of the molecule is O=C(O)CC[C@H](Nc1ccc2cc3ccccc3cc2c1)C(=O)O. The van der Waals surface area contributed by atoms with Gasteiger partial charge in [-0.15, -0.1) is 0 Å². The molecule has 24 heavy (non-hydrogen) atoms. The summed E-state index contributed by atoms with van der Waals surface area (Å²) in [7, 11) is 0. The maximum atomic E-state index is 11.3. The molecule has 0 aliphatic carbocycles. The van der Waals surface area contributed by atoms with E-state index in [1.165, 1.54) is 0 Å². The van der Waals surface area contributed by atoms with Crippen LogP contribution in [0.3, 0.4) is 0 Å². The second-order valence-corrected chi connectivity index (χ2v) is 5.73. The molecule has 0 saturated heterocycles. The average molecular weight is 323 g/mol. The van der Waals surface area contributed by atoms with Gasteiger partial charge in [-0.25, -0.2) is 4.79 Å². The van der Waals surface area contributed by atoms with Crippen LogP contribution in [0.4, 0.5) is 5.69 Å². The molecule has 0 bridgehead atoms. The Hall–Kier alpha value is -3.08. The highest BCUT2D eigenvalue weighted by Crippen LogP contribution is 2.25. The van der Waals surface area contributed by atoms with Crippen molar-refractivity contribution in [1.82, 2.24) is 0 Å². The number of hydrogen-bond donors (Lipinski definition) is 3. The first-order valence-electron chi connectivity index (χ1n) is 7.66. The number of carboxylic acid groups (broad SMARTS) is 2. The predicted molar refractivity (Wildman–Crippen MR) is 93.4 cm³/mol. The van der Waals surface area contributed by atoms with E-state index >= 15 is 0 Å². The van der Waals surface area contributed by atoms with Crippen molar-refractivity contribution < 1.29 is 19.8 Å². The summed E-state index contributed by atoms with van der Waals surface area (Å²) in [5.41, 5.74) is 0.663. The number of fused-ring (bicyclic) bond motifs is 2. The van der Waals surface area contributed by atoms with Gasteiger partial charge < -0.3 is 15.5 Å². The number of anilines is 1. The highest BCUT2D eigenvalue weighted by atomic mass is 16.4. The second-order valence-electron chi connectivity index (χ2n) is 5.73. The fraction of sp³-hybridized carbons (Fsp3) is 0.158. The van der Waals surface area contributed by atoms with E-state index in [4.69, 9.17) is 5.11 Å². The summed E-state index contributed by atoms with van der Waals surface area (Å²) < 4.78 is 0. The van der Waals surface area contributed by atoms with Crippen molar-refractivity contribution in [3.05, 3.63) is 54.6 Å². The van der Waals surface area contributed by atoms with Gasteiger partial charge in [0.1, 0.15) is 6.04 Å². The molecule has 5 heteroatoms. The van der Waals surface area contributed by atoms with Crippen molar-refractivity contribution in [2.75, 3.05) is 5.32 Å². The fourth-order valence-electron chi connectivity index (χ4n) is 2.76. The van der Waals surface area contributed by atoms with Crippen LogP contribution in [0.5, 0.6) is 0 Å². The van der Waals surface area contributed by atoms with E-state index in [9.17, 15) is 14.7 Å². The average Bonchev–Trinajstić information content (AvgIpc) is 2.56. The largest absolute Gasteiger partial charge is 0.481 e. The summed E-state index contributed by atoms with van der Waals surface area (Å²) in [5, 5.41) is 25.2. The van der Waals surface area contributed by atoms with Crippen LogP contribution in [0.2, 0.25) is 0 Å². The summed E-state index contributed by atoms with van der Waals surface area (Å²) >= 11 is 0. The monoisotopic (exact) mass is 323 g/mol. The minimum Gasteiger partial charge on any atom is -0.481 e. The first kappa shape index (κ1) is 15.8. The number of aliphatic carboxylic acids is 2. The number of carboxylic acids is 2. The third-order valence-corrected chi connectivity index (χ3v) is 3.99. The van der Waals surface area contributed by atoms with Crippen LogP contribution < -0.4 is 5.32 Å². The summed E-state index contributed by atoms with van der Waals surface area (Å²) in [6.45, 7) is 0. The predicted octanol–water partition coefficient (Wildman–Crippen LogP) is 3.72. The molecule has 0 spiro atoms. The van der Waals surface area contributed by atoms with E-state index < -0.39 is 18.0 Å². The molecule has 0 radical (unpaired) electrons. The molecular formula is C19H17NO4. The van der Waals surface area contributed by atoms with Gasteiger partial charge in [0.2, 0.25) is 0 Å². The van der Waals surface area contributed by atoms with Crippen LogP contribution in [-0.2, 0) is 9.59 Å². The lowest BCUT2D eigenvalue weighted by Crippen LogP contribution is -2.29. The number of rotatable bonds is 6. The first-order valence-corrected chi connectivity index (χ1v) is 7.66. The maximum absolute atomic E-state index is 11.3. The third kappa shape index (κ3) is 3.46. The lowest BCUT2D eigenvalue weighted by atomic mass is 10.0. The molecule has 122 valence electrons. The minimum atomic E-state index is -1.06. The van der Waals surface area contributed by atoms with Crippen molar-refractivity contribution in [2.24, 2.45) is 0 Å². The van der Waals surface area contributed by atoms with Crippen LogP contribution in [0.1, 0.15) is 12.8 Å². The Morgan fingerprint density at radius 3 is 2.12 bits per heavy atom. The van der Waals surface area contributed by atoms with Gasteiger partial charge in [-0.05, 0) is 52.2 Å². The van der Waals surface area contributed by atoms with Gasteiger partial charge in [0.05, 0.1) is 0 Å². The molecule has 5 nitrogen and oxygen atoms in total. The molecule has 3 N–H and O–H groups in total. The molecule has 0 heterocycles. The number of carbonyl (C=O) groups is 2. The molecule has 0 saturated carbocycles. The lowest BCUT2D eigenvalue weighted by molar-refractivity contribution is -0.139. The van der Waals surface area contributed by atoms with Gasteiger partial charge >= 0.3 is 11.9 Å². The van der Waals surface area contributed by atoms with E-state index in [2.05, 4.69) is 17.4 Å². The van der Waals surface area contributed by atoms with Gasteiger partial charge in [-0.1, -0.05) is 30.3 Å². The summed E-state index contributed by atoms with van der Waals surface area (Å²) in [6, 6.07) is 16.9. The zero-order valence-electron chi connectivity index (χ0n) is 12.9. The summed E-state index contributed by atoms with van der Waals surface area (Å²) in [4.78, 5) is 22.0. The Morgan fingerprint density at radius 1 is 0.875 bits per heavy atom. The minimum absolute atomic E-state index is 0.0282. The third-order valence-electron chi connectivity index (χ3n) is 3.99. The van der Waals surface area contributed by atoms with Crippen LogP contribution in [-0.4, -0.2) is 28.2 Å². The van der Waals surface area contributed by atoms with Gasteiger partial charge in [0.15, 0.2) is 0 Å². The van der Waals surface area contributed by atoms with Crippen LogP contribution in [0.25, 0.3) is 21.5 Å². The van der Waals surface area contributed by atoms with E-state index in [-0.39, 0.29) is 12.8 Å². The summed E-state index contributed by atoms with van der Waals surface area (Å²) in [6.07, 6.45) is -0.164. The van der Waals surface area contributed by atoms with E-state index in [0.29, 0.717) is 5.69 Å². The number of nitrogens with one attached hydrogen (secondary N) is 1.